The monoisotopic (exact) mass is 1730 g/mol. The second-order valence-electron chi connectivity index (χ2n) is 35.7. The highest BCUT2D eigenvalue weighted by atomic mass is 32.1. The van der Waals surface area contributed by atoms with E-state index in [0.717, 1.165) is 173 Å². The van der Waals surface area contributed by atoms with E-state index in [2.05, 4.69) is 375 Å². The first kappa shape index (κ1) is 73.2. The van der Waals surface area contributed by atoms with Gasteiger partial charge in [0.15, 0.2) is 0 Å². The minimum absolute atomic E-state index is 0.108. The third kappa shape index (κ3) is 9.88. The molecule has 0 bridgehead atoms. The summed E-state index contributed by atoms with van der Waals surface area (Å²) < 4.78 is 16.1. The van der Waals surface area contributed by atoms with Gasteiger partial charge < -0.3 is 27.8 Å². The molecule has 0 saturated carbocycles. The van der Waals surface area contributed by atoms with Crippen LogP contribution in [0.3, 0.4) is 0 Å². The fourth-order valence-electron chi connectivity index (χ4n) is 23.0. The van der Waals surface area contributed by atoms with Gasteiger partial charge in [-0.15, -0.1) is 11.3 Å². The Hall–Kier alpha value is -17.7. The summed E-state index contributed by atoms with van der Waals surface area (Å²) in [5, 5.41) is 13.8. The van der Waals surface area contributed by atoms with E-state index < -0.39 is 0 Å². The topological polar surface area (TPSA) is 131 Å². The van der Waals surface area contributed by atoms with Crippen LogP contribution in [0.1, 0.15) is 25.0 Å². The molecule has 16 heteroatoms. The molecule has 0 radical (unpaired) electrons. The lowest BCUT2D eigenvalue weighted by Gasteiger charge is -2.41. The summed E-state index contributed by atoms with van der Waals surface area (Å²) in [6.45, 7) is 4.70. The molecular weight excluding hydrogens is 1660 g/mol. The average Bonchev–Trinajstić information content (AvgIpc) is 1.51. The number of rotatable bonds is 6. The number of para-hydroxylation sites is 12. The quantitative estimate of drug-likeness (QED) is 0.157. The fourth-order valence-corrected chi connectivity index (χ4v) is 24.1. The summed E-state index contributed by atoms with van der Waals surface area (Å²) >= 11 is 1.85. The first-order valence-corrected chi connectivity index (χ1v) is 46.2. The molecule has 1 aliphatic carbocycles. The highest BCUT2D eigenvalue weighted by Crippen LogP contribution is 2.66. The number of pyridine rings is 3. The second kappa shape index (κ2) is 27.2. The lowest BCUT2D eigenvalue weighted by Crippen LogP contribution is -2.25. The fraction of sp³-hybridized carbons (Fsp3) is 0.0254. The maximum Gasteiger partial charge on any atom is 0.235 e. The molecule has 134 heavy (non-hydrogen) atoms. The molecule has 0 N–H and O–H groups in total. The van der Waals surface area contributed by atoms with Crippen LogP contribution in [0.4, 0.5) is 68.8 Å². The Morgan fingerprint density at radius 3 is 1.52 bits per heavy atom. The molecular formula is C118H70N14OS. The van der Waals surface area contributed by atoms with Gasteiger partial charge in [0.2, 0.25) is 11.9 Å². The maximum atomic E-state index is 6.34. The van der Waals surface area contributed by atoms with Crippen LogP contribution in [0.5, 0.6) is 0 Å². The molecule has 0 fully saturated rings. The third-order valence-corrected chi connectivity index (χ3v) is 29.6. The lowest BCUT2D eigenvalue weighted by atomic mass is 9.82. The molecule has 16 aromatic carbocycles. The molecule has 32 rings (SSSR count). The predicted molar refractivity (Wildman–Crippen MR) is 549 cm³/mol. The number of fused-ring (bicyclic) bond motifs is 15. The summed E-state index contributed by atoms with van der Waals surface area (Å²) in [5.41, 5.74) is 38.2. The van der Waals surface area contributed by atoms with E-state index in [1.54, 1.807) is 0 Å². The Bertz CT molecular complexity index is 9820. The van der Waals surface area contributed by atoms with E-state index >= 15 is 0 Å². The van der Waals surface area contributed by atoms with Gasteiger partial charge in [-0.3, -0.25) is 24.8 Å². The van der Waals surface area contributed by atoms with Gasteiger partial charge in [0, 0.05) is 126 Å². The molecule has 0 spiro atoms. The first-order chi connectivity index (χ1) is 66.3. The first-order valence-electron chi connectivity index (χ1n) is 45.3. The molecule has 15 nitrogen and oxygen atoms in total. The molecule has 4 aliphatic heterocycles. The smallest absolute Gasteiger partial charge is 0.235 e. The van der Waals surface area contributed by atoms with Crippen LogP contribution in [0.15, 0.2) is 393 Å². The summed E-state index contributed by atoms with van der Waals surface area (Å²) in [4.78, 5) is 45.5. The number of hydrogen-bond donors (Lipinski definition) is 0. The van der Waals surface area contributed by atoms with Gasteiger partial charge in [0.1, 0.15) is 11.2 Å². The van der Waals surface area contributed by atoms with Crippen LogP contribution in [0.2, 0.25) is 0 Å². The zero-order chi connectivity index (χ0) is 87.6. The van der Waals surface area contributed by atoms with Crippen molar-refractivity contribution in [2.45, 2.75) is 19.3 Å². The second-order valence-corrected chi connectivity index (χ2v) is 36.8. The van der Waals surface area contributed by atoms with Gasteiger partial charge in [0.05, 0.1) is 145 Å². The van der Waals surface area contributed by atoms with E-state index in [1.807, 2.05) is 72.4 Å². The average molecular weight is 1730 g/mol. The van der Waals surface area contributed by atoms with Crippen molar-refractivity contribution in [1.82, 2.24) is 48.4 Å². The van der Waals surface area contributed by atoms with E-state index in [0.29, 0.717) is 11.9 Å². The number of hydrogen-bond acceptors (Lipinski definition) is 13. The van der Waals surface area contributed by atoms with Gasteiger partial charge in [-0.2, -0.15) is 0 Å². The van der Waals surface area contributed by atoms with Gasteiger partial charge in [0.25, 0.3) is 0 Å². The highest BCUT2D eigenvalue weighted by Gasteiger charge is 2.46. The molecule has 27 aromatic rings. The van der Waals surface area contributed by atoms with E-state index in [9.17, 15) is 0 Å². The van der Waals surface area contributed by atoms with Crippen LogP contribution in [-0.4, -0.2) is 48.4 Å². The van der Waals surface area contributed by atoms with Crippen molar-refractivity contribution >= 4 is 226 Å². The zero-order valence-electron chi connectivity index (χ0n) is 72.0. The van der Waals surface area contributed by atoms with Gasteiger partial charge in [-0.25, -0.2) is 19.9 Å². The van der Waals surface area contributed by atoms with Crippen LogP contribution in [-0.2, 0) is 5.41 Å². The molecule has 0 unspecified atom stereocenters. The SMILES string of the molecule is CC1(C)c2cccc3c2-c2c1ccnc2-c1cccc2c1N3c1ccccc1N2c1ccc2c(c1)c1ccccc1n2-c1ccccc1.c1ccc(-c2nc(N3c4cccc5c6ccc7sc8ccnc9c%10cccc3c%10n(c45)c6c7c89)nc3ccccc23)cc1.c1ccc(-c2nc(N3c4ccccc4-n4c5cccc6oc7ccnc(c8cccc3c84)c7c65)nc3ccccc23)cc1. The Kier molecular flexibility index (Phi) is 14.9. The molecule has 624 valence electrons. The number of anilines is 12. The molecule has 0 saturated heterocycles. The van der Waals surface area contributed by atoms with Crippen molar-refractivity contribution in [2.75, 3.05) is 19.6 Å². The largest absolute Gasteiger partial charge is 0.456 e. The van der Waals surface area contributed by atoms with Crippen molar-refractivity contribution < 1.29 is 4.42 Å². The minimum Gasteiger partial charge on any atom is -0.456 e. The van der Waals surface area contributed by atoms with Crippen molar-refractivity contribution in [1.29, 1.82) is 0 Å². The Labute approximate surface area is 768 Å². The summed E-state index contributed by atoms with van der Waals surface area (Å²) in [6.07, 6.45) is 5.79. The van der Waals surface area contributed by atoms with Crippen LogP contribution >= 0.6 is 11.3 Å². The van der Waals surface area contributed by atoms with Gasteiger partial charge >= 0.3 is 0 Å². The Morgan fingerprint density at radius 1 is 0.284 bits per heavy atom. The molecule has 0 amide bonds. The zero-order valence-corrected chi connectivity index (χ0v) is 72.8. The Morgan fingerprint density at radius 2 is 0.791 bits per heavy atom. The third-order valence-electron chi connectivity index (χ3n) is 28.5. The Balaban J connectivity index is 0.0000000961. The van der Waals surface area contributed by atoms with Crippen LogP contribution < -0.4 is 19.6 Å². The normalized spacial score (nSPS) is 13.4. The van der Waals surface area contributed by atoms with Crippen LogP contribution in [0.25, 0.3) is 202 Å². The van der Waals surface area contributed by atoms with Crippen molar-refractivity contribution in [3.05, 3.63) is 400 Å². The standard InChI is InChI=1S/C44H30N4.C37H21N5O.C37H19N5S/c1-44(2)32-16-11-20-38-40(32)41-33(44)24-25-45-42(41)30-15-10-21-39-43(30)48(38)37-19-9-8-18-36(37)47(39)28-22-23-35-31(26-28)29-14-6-7-17-34(29)46(35)27-12-4-3-5-13-27;1-2-10-22(11-3-1)34-23-12-4-5-14-25(23)39-37(40-34)42-27-16-7-6-15-26(27)41-28-17-9-19-30-32(28)33-31(43-30)20-21-38-35(33)24-13-8-18-29(42)36(24)41;1-2-8-20(9-3-1)32-23-10-4-5-13-25(23)39-37(40-32)41-26-14-6-11-21-22-16-17-28-31-30-29(43-28)18-19-38-33(30)24-12-7-15-27(41)35(24)42(34(21)26)36(22)31/h3-26H,1-2H3;1-21H;1-19H. The maximum absolute atomic E-state index is 6.34. The summed E-state index contributed by atoms with van der Waals surface area (Å²) in [5.74, 6) is 1.28. The molecule has 15 heterocycles. The van der Waals surface area contributed by atoms with Gasteiger partial charge in [-0.1, -0.05) is 244 Å². The lowest BCUT2D eigenvalue weighted by molar-refractivity contribution is 0.659. The molecule has 11 aromatic heterocycles. The van der Waals surface area contributed by atoms with Gasteiger partial charge in [-0.05, 0) is 151 Å². The van der Waals surface area contributed by atoms with E-state index in [1.165, 1.54) is 97.4 Å². The van der Waals surface area contributed by atoms with E-state index in [4.69, 9.17) is 39.3 Å². The van der Waals surface area contributed by atoms with Crippen molar-refractivity contribution in [3.8, 4) is 56.3 Å². The molecule has 0 atom stereocenters. The number of nitrogens with zero attached hydrogens (tertiary/aromatic N) is 14. The number of thiophene rings is 1. The van der Waals surface area contributed by atoms with Crippen molar-refractivity contribution in [3.63, 3.8) is 0 Å². The number of furan rings is 1. The van der Waals surface area contributed by atoms with Crippen LogP contribution in [0, 0.1) is 0 Å². The number of aromatic nitrogens is 10. The van der Waals surface area contributed by atoms with E-state index in [-0.39, 0.29) is 5.41 Å². The highest BCUT2D eigenvalue weighted by molar-refractivity contribution is 7.26. The molecule has 5 aliphatic rings. The summed E-state index contributed by atoms with van der Waals surface area (Å²) in [6, 6.07) is 131. The summed E-state index contributed by atoms with van der Waals surface area (Å²) in [7, 11) is 0. The number of benzene rings is 16. The predicted octanol–water partition coefficient (Wildman–Crippen LogP) is 31.2. The minimum atomic E-state index is -0.108. The van der Waals surface area contributed by atoms with Crippen molar-refractivity contribution in [2.24, 2.45) is 0 Å².